The van der Waals surface area contributed by atoms with Crippen LogP contribution in [0.1, 0.15) is 11.1 Å². The van der Waals surface area contributed by atoms with Crippen molar-refractivity contribution in [3.63, 3.8) is 0 Å². The van der Waals surface area contributed by atoms with Crippen LogP contribution in [0.4, 0.5) is 4.39 Å². The summed E-state index contributed by atoms with van der Waals surface area (Å²) in [5.41, 5.74) is 6.57. The van der Waals surface area contributed by atoms with E-state index < -0.39 is 5.82 Å². The summed E-state index contributed by atoms with van der Waals surface area (Å²) in [5.74, 6) is 0.314. The monoisotopic (exact) mass is 300 g/mol. The second-order valence-electron chi connectivity index (χ2n) is 4.62. The maximum atomic E-state index is 13.6. The van der Waals surface area contributed by atoms with E-state index in [1.807, 2.05) is 28.3 Å². The summed E-state index contributed by atoms with van der Waals surface area (Å²) in [6.07, 6.45) is 3.58. The van der Waals surface area contributed by atoms with Gasteiger partial charge in [-0.1, -0.05) is 6.07 Å². The van der Waals surface area contributed by atoms with Crippen molar-refractivity contribution in [2.75, 3.05) is 0 Å². The fourth-order valence-corrected chi connectivity index (χ4v) is 2.90. The molecule has 3 aromatic rings. The zero-order valence-electron chi connectivity index (χ0n) is 11.1. The number of hydrogen-bond donors (Lipinski definition) is 2. The van der Waals surface area contributed by atoms with Crippen molar-refractivity contribution >= 4 is 17.2 Å². The van der Waals surface area contributed by atoms with Gasteiger partial charge in [0.1, 0.15) is 17.5 Å². The SMILES string of the molecule is N=C(N)c1cc(F)cc(Cn2ccnc2-c2cccs2)c1. The van der Waals surface area contributed by atoms with E-state index >= 15 is 0 Å². The Bertz CT molecular complexity index is 777. The highest BCUT2D eigenvalue weighted by atomic mass is 32.1. The molecule has 2 heterocycles. The number of aromatic nitrogens is 2. The Balaban J connectivity index is 1.95. The van der Waals surface area contributed by atoms with Crippen molar-refractivity contribution in [3.05, 3.63) is 65.0 Å². The summed E-state index contributed by atoms with van der Waals surface area (Å²) in [4.78, 5) is 5.41. The minimum absolute atomic E-state index is 0.139. The lowest BCUT2D eigenvalue weighted by atomic mass is 10.1. The van der Waals surface area contributed by atoms with Crippen LogP contribution in [0.2, 0.25) is 0 Å². The van der Waals surface area contributed by atoms with E-state index in [2.05, 4.69) is 4.98 Å². The van der Waals surface area contributed by atoms with Crippen LogP contribution in [0, 0.1) is 11.2 Å². The van der Waals surface area contributed by atoms with Crippen LogP contribution >= 0.6 is 11.3 Å². The lowest BCUT2D eigenvalue weighted by Crippen LogP contribution is -2.12. The molecule has 0 unspecified atom stereocenters. The van der Waals surface area contributed by atoms with E-state index in [1.165, 1.54) is 12.1 Å². The molecular formula is C15H13FN4S. The number of nitrogens with zero attached hydrogens (tertiary/aromatic N) is 2. The van der Waals surface area contributed by atoms with Crippen molar-refractivity contribution in [1.29, 1.82) is 5.41 Å². The number of hydrogen-bond acceptors (Lipinski definition) is 3. The van der Waals surface area contributed by atoms with Gasteiger partial charge in [0, 0.05) is 24.5 Å². The van der Waals surface area contributed by atoms with Gasteiger partial charge in [-0.05, 0) is 35.2 Å². The lowest BCUT2D eigenvalue weighted by molar-refractivity contribution is 0.623. The van der Waals surface area contributed by atoms with Crippen molar-refractivity contribution < 1.29 is 4.39 Å². The summed E-state index contributed by atoms with van der Waals surface area (Å²) < 4.78 is 15.6. The molecule has 0 aliphatic carbocycles. The number of amidine groups is 1. The number of thiophene rings is 1. The molecular weight excluding hydrogens is 287 g/mol. The standard InChI is InChI=1S/C15H13FN4S/c16-12-7-10(6-11(8-12)14(17)18)9-20-4-3-19-15(20)13-2-1-5-21-13/h1-8H,9H2,(H3,17,18). The summed E-state index contributed by atoms with van der Waals surface area (Å²) in [7, 11) is 0. The van der Waals surface area contributed by atoms with Crippen molar-refractivity contribution in [1.82, 2.24) is 9.55 Å². The molecule has 0 aliphatic heterocycles. The minimum Gasteiger partial charge on any atom is -0.384 e. The van der Waals surface area contributed by atoms with E-state index in [1.54, 1.807) is 23.6 Å². The van der Waals surface area contributed by atoms with Crippen LogP contribution in [0.5, 0.6) is 0 Å². The smallest absolute Gasteiger partial charge is 0.150 e. The predicted octanol–water partition coefficient (Wildman–Crippen LogP) is 3.08. The Morgan fingerprint density at radius 3 is 2.95 bits per heavy atom. The Hall–Kier alpha value is -2.47. The Morgan fingerprint density at radius 2 is 2.24 bits per heavy atom. The molecule has 3 N–H and O–H groups in total. The van der Waals surface area contributed by atoms with Gasteiger partial charge in [0.2, 0.25) is 0 Å². The second-order valence-corrected chi connectivity index (χ2v) is 5.57. The fourth-order valence-electron chi connectivity index (χ4n) is 2.16. The van der Waals surface area contributed by atoms with Gasteiger partial charge >= 0.3 is 0 Å². The van der Waals surface area contributed by atoms with Crippen molar-refractivity contribution in [3.8, 4) is 10.7 Å². The van der Waals surface area contributed by atoms with Gasteiger partial charge in [0.25, 0.3) is 0 Å². The fraction of sp³-hybridized carbons (Fsp3) is 0.0667. The topological polar surface area (TPSA) is 67.7 Å². The summed E-state index contributed by atoms with van der Waals surface area (Å²) >= 11 is 1.61. The average molecular weight is 300 g/mol. The zero-order valence-corrected chi connectivity index (χ0v) is 11.9. The largest absolute Gasteiger partial charge is 0.384 e. The van der Waals surface area contributed by atoms with E-state index in [9.17, 15) is 4.39 Å². The third-order valence-corrected chi connectivity index (χ3v) is 3.94. The third-order valence-electron chi connectivity index (χ3n) is 3.08. The molecule has 3 rings (SSSR count). The number of rotatable bonds is 4. The van der Waals surface area contributed by atoms with E-state index in [4.69, 9.17) is 11.1 Å². The van der Waals surface area contributed by atoms with Crippen LogP contribution in [0.3, 0.4) is 0 Å². The molecule has 0 fully saturated rings. The summed E-state index contributed by atoms with van der Waals surface area (Å²) in [6.45, 7) is 0.477. The average Bonchev–Trinajstić information content (AvgIpc) is 3.08. The lowest BCUT2D eigenvalue weighted by Gasteiger charge is -2.09. The first-order valence-electron chi connectivity index (χ1n) is 6.32. The van der Waals surface area contributed by atoms with Crippen LogP contribution < -0.4 is 5.73 Å². The number of halogens is 1. The molecule has 6 heteroatoms. The third kappa shape index (κ3) is 2.85. The van der Waals surface area contributed by atoms with Gasteiger partial charge in [-0.2, -0.15) is 0 Å². The molecule has 0 spiro atoms. The Kier molecular flexibility index (Phi) is 3.53. The van der Waals surface area contributed by atoms with Gasteiger partial charge in [0.05, 0.1) is 4.88 Å². The van der Waals surface area contributed by atoms with Gasteiger partial charge in [0.15, 0.2) is 0 Å². The Labute approximate surface area is 125 Å². The summed E-state index contributed by atoms with van der Waals surface area (Å²) in [6, 6.07) is 8.40. The molecule has 0 aliphatic rings. The predicted molar refractivity (Wildman–Crippen MR) is 82.1 cm³/mol. The van der Waals surface area contributed by atoms with E-state index in [-0.39, 0.29) is 5.84 Å². The second kappa shape index (κ2) is 5.49. The Morgan fingerprint density at radius 1 is 1.38 bits per heavy atom. The normalized spacial score (nSPS) is 10.7. The number of nitrogen functional groups attached to an aromatic ring is 1. The molecule has 0 saturated carbocycles. The number of nitrogens with two attached hydrogens (primary N) is 1. The maximum Gasteiger partial charge on any atom is 0.150 e. The van der Waals surface area contributed by atoms with Crippen LogP contribution in [0.15, 0.2) is 48.1 Å². The first-order chi connectivity index (χ1) is 10.1. The maximum absolute atomic E-state index is 13.6. The van der Waals surface area contributed by atoms with Crippen molar-refractivity contribution in [2.24, 2.45) is 5.73 Å². The van der Waals surface area contributed by atoms with Crippen LogP contribution in [0.25, 0.3) is 10.7 Å². The van der Waals surface area contributed by atoms with Gasteiger partial charge in [-0.3, -0.25) is 5.41 Å². The van der Waals surface area contributed by atoms with Gasteiger partial charge < -0.3 is 10.3 Å². The highest BCUT2D eigenvalue weighted by Crippen LogP contribution is 2.23. The first kappa shape index (κ1) is 13.5. The van der Waals surface area contributed by atoms with Gasteiger partial charge in [-0.25, -0.2) is 9.37 Å². The quantitative estimate of drug-likeness (QED) is 0.574. The van der Waals surface area contributed by atoms with Gasteiger partial charge in [-0.15, -0.1) is 11.3 Å². The first-order valence-corrected chi connectivity index (χ1v) is 7.20. The molecule has 0 saturated heterocycles. The number of nitrogens with one attached hydrogen (secondary N) is 1. The van der Waals surface area contributed by atoms with Crippen LogP contribution in [-0.2, 0) is 6.54 Å². The molecule has 0 amide bonds. The highest BCUT2D eigenvalue weighted by Gasteiger charge is 2.09. The van der Waals surface area contributed by atoms with Crippen molar-refractivity contribution in [2.45, 2.75) is 6.54 Å². The van der Waals surface area contributed by atoms with E-state index in [0.717, 1.165) is 16.3 Å². The molecule has 0 atom stereocenters. The zero-order chi connectivity index (χ0) is 14.8. The van der Waals surface area contributed by atoms with Crippen LogP contribution in [-0.4, -0.2) is 15.4 Å². The molecule has 0 radical (unpaired) electrons. The minimum atomic E-state index is -0.393. The molecule has 1 aromatic carbocycles. The molecule has 21 heavy (non-hydrogen) atoms. The molecule has 0 bridgehead atoms. The highest BCUT2D eigenvalue weighted by molar-refractivity contribution is 7.13. The summed E-state index contributed by atoms with van der Waals surface area (Å²) in [5, 5.41) is 9.42. The molecule has 2 aromatic heterocycles. The molecule has 106 valence electrons. The molecule has 4 nitrogen and oxygen atoms in total. The number of benzene rings is 1. The number of imidazole rings is 1. The van der Waals surface area contributed by atoms with E-state index in [0.29, 0.717) is 12.1 Å².